The van der Waals surface area contributed by atoms with E-state index < -0.39 is 8.07 Å². The van der Waals surface area contributed by atoms with Crippen molar-refractivity contribution in [2.75, 3.05) is 20.0 Å². The molecule has 0 radical (unpaired) electrons. The first-order valence-corrected chi connectivity index (χ1v) is 11.4. The van der Waals surface area contributed by atoms with Crippen molar-refractivity contribution in [1.29, 1.82) is 0 Å². The minimum atomic E-state index is -1.01. The zero-order valence-corrected chi connectivity index (χ0v) is 14.2. The Hall–Kier alpha value is -0.393. The van der Waals surface area contributed by atoms with Gasteiger partial charge in [0.05, 0.1) is 13.0 Å². The molecule has 0 aromatic rings. The highest BCUT2D eigenvalue weighted by molar-refractivity contribution is 6.76. The predicted molar refractivity (Wildman–Crippen MR) is 80.2 cm³/mol. The molecule has 2 aliphatic rings. The molecule has 2 fully saturated rings. The SMILES string of the molecule is C[C@H]1C[C@@H]2OC(=O)C[C@@H]2[C@@H]1COCOCC[Si](C)(C)C. The number of carbonyl (C=O) groups excluding carboxylic acids is 1. The maximum atomic E-state index is 11.3. The van der Waals surface area contributed by atoms with E-state index in [1.54, 1.807) is 0 Å². The lowest BCUT2D eigenvalue weighted by atomic mass is 9.89. The zero-order valence-electron chi connectivity index (χ0n) is 13.2. The third-order valence-electron chi connectivity index (χ3n) is 4.52. The molecule has 0 bridgehead atoms. The van der Waals surface area contributed by atoms with E-state index in [2.05, 4.69) is 26.6 Å². The zero-order chi connectivity index (χ0) is 14.8. The van der Waals surface area contributed by atoms with Crippen LogP contribution in [0.1, 0.15) is 19.8 Å². The molecule has 1 saturated heterocycles. The van der Waals surface area contributed by atoms with Crippen molar-refractivity contribution >= 4 is 14.0 Å². The lowest BCUT2D eigenvalue weighted by Crippen LogP contribution is -2.24. The second-order valence-electron chi connectivity index (χ2n) is 7.48. The molecule has 20 heavy (non-hydrogen) atoms. The molecule has 5 heteroatoms. The Balaban J connectivity index is 1.63. The van der Waals surface area contributed by atoms with Gasteiger partial charge in [0.25, 0.3) is 0 Å². The Morgan fingerprint density at radius 2 is 2.05 bits per heavy atom. The van der Waals surface area contributed by atoms with Crippen LogP contribution in [0.4, 0.5) is 0 Å². The van der Waals surface area contributed by atoms with Gasteiger partial charge in [-0.2, -0.15) is 0 Å². The van der Waals surface area contributed by atoms with Gasteiger partial charge in [0, 0.05) is 20.6 Å². The van der Waals surface area contributed by atoms with Crippen LogP contribution in [0.15, 0.2) is 0 Å². The highest BCUT2D eigenvalue weighted by Gasteiger charge is 2.48. The molecule has 2 rings (SSSR count). The molecule has 0 aromatic carbocycles. The van der Waals surface area contributed by atoms with Crippen molar-refractivity contribution in [3.8, 4) is 0 Å². The van der Waals surface area contributed by atoms with Gasteiger partial charge < -0.3 is 14.2 Å². The van der Waals surface area contributed by atoms with Crippen LogP contribution in [0.25, 0.3) is 0 Å². The first kappa shape index (κ1) is 16.0. The molecule has 1 aliphatic carbocycles. The van der Waals surface area contributed by atoms with Gasteiger partial charge in [0.2, 0.25) is 0 Å². The predicted octanol–water partition coefficient (Wildman–Crippen LogP) is 2.90. The number of hydrogen-bond acceptors (Lipinski definition) is 4. The van der Waals surface area contributed by atoms with Gasteiger partial charge in [0.1, 0.15) is 12.9 Å². The van der Waals surface area contributed by atoms with Gasteiger partial charge in [-0.3, -0.25) is 4.79 Å². The molecule has 4 atom stereocenters. The summed E-state index contributed by atoms with van der Waals surface area (Å²) in [6.07, 6.45) is 1.69. The third-order valence-corrected chi connectivity index (χ3v) is 6.23. The number of rotatable bonds is 7. The number of hydrogen-bond donors (Lipinski definition) is 0. The lowest BCUT2D eigenvalue weighted by Gasteiger charge is -2.20. The number of carbonyl (C=O) groups is 1. The second-order valence-corrected chi connectivity index (χ2v) is 13.1. The maximum absolute atomic E-state index is 11.3. The van der Waals surface area contributed by atoms with Gasteiger partial charge >= 0.3 is 5.97 Å². The molecule has 0 aromatic heterocycles. The van der Waals surface area contributed by atoms with E-state index in [0.717, 1.165) is 13.0 Å². The number of fused-ring (bicyclic) bond motifs is 1. The quantitative estimate of drug-likeness (QED) is 0.314. The Morgan fingerprint density at radius 1 is 1.30 bits per heavy atom. The van der Waals surface area contributed by atoms with Crippen molar-refractivity contribution in [3.05, 3.63) is 0 Å². The molecule has 0 unspecified atom stereocenters. The van der Waals surface area contributed by atoms with E-state index in [4.69, 9.17) is 14.2 Å². The van der Waals surface area contributed by atoms with Crippen LogP contribution in [0, 0.1) is 17.8 Å². The van der Waals surface area contributed by atoms with Crippen molar-refractivity contribution < 1.29 is 19.0 Å². The maximum Gasteiger partial charge on any atom is 0.306 e. The average molecular weight is 300 g/mol. The standard InChI is InChI=1S/C15H28O4Si/c1-11-7-14-12(8-15(16)19-14)13(11)9-18-10-17-5-6-20(2,3)4/h11-14H,5-10H2,1-4H3/t11-,12+,13+,14-/m0/s1. The minimum Gasteiger partial charge on any atom is -0.462 e. The van der Waals surface area contributed by atoms with E-state index in [-0.39, 0.29) is 12.1 Å². The highest BCUT2D eigenvalue weighted by atomic mass is 28.3. The second kappa shape index (κ2) is 6.58. The van der Waals surface area contributed by atoms with E-state index in [1.165, 1.54) is 6.04 Å². The molecule has 4 nitrogen and oxygen atoms in total. The van der Waals surface area contributed by atoms with Crippen LogP contribution < -0.4 is 0 Å². The summed E-state index contributed by atoms with van der Waals surface area (Å²) in [5.41, 5.74) is 0. The number of ether oxygens (including phenoxy) is 3. The summed E-state index contributed by atoms with van der Waals surface area (Å²) in [6.45, 7) is 11.1. The van der Waals surface area contributed by atoms with Gasteiger partial charge in [0.15, 0.2) is 0 Å². The van der Waals surface area contributed by atoms with E-state index in [0.29, 0.717) is 37.6 Å². The molecular formula is C15H28O4Si. The van der Waals surface area contributed by atoms with Crippen molar-refractivity contribution in [3.63, 3.8) is 0 Å². The van der Waals surface area contributed by atoms with E-state index in [1.807, 2.05) is 0 Å². The van der Waals surface area contributed by atoms with Crippen LogP contribution in [0.3, 0.4) is 0 Å². The van der Waals surface area contributed by atoms with Gasteiger partial charge in [-0.05, 0) is 24.3 Å². The van der Waals surface area contributed by atoms with Crippen LogP contribution in [-0.4, -0.2) is 40.2 Å². The highest BCUT2D eigenvalue weighted by Crippen LogP contribution is 2.44. The summed E-state index contributed by atoms with van der Waals surface area (Å²) in [6, 6.07) is 1.17. The summed E-state index contributed by atoms with van der Waals surface area (Å²) in [7, 11) is -1.01. The molecule has 0 spiro atoms. The number of esters is 1. The van der Waals surface area contributed by atoms with E-state index in [9.17, 15) is 4.79 Å². The van der Waals surface area contributed by atoms with Crippen LogP contribution >= 0.6 is 0 Å². The molecule has 1 saturated carbocycles. The largest absolute Gasteiger partial charge is 0.462 e. The molecule has 1 aliphatic heterocycles. The van der Waals surface area contributed by atoms with Gasteiger partial charge in [-0.1, -0.05) is 26.6 Å². The topological polar surface area (TPSA) is 44.8 Å². The minimum absolute atomic E-state index is 0.0386. The van der Waals surface area contributed by atoms with Crippen molar-refractivity contribution in [2.24, 2.45) is 17.8 Å². The van der Waals surface area contributed by atoms with Crippen molar-refractivity contribution in [2.45, 2.75) is 51.6 Å². The monoisotopic (exact) mass is 300 g/mol. The Labute approximate surface area is 123 Å². The first-order chi connectivity index (χ1) is 9.37. The van der Waals surface area contributed by atoms with Crippen LogP contribution in [0.5, 0.6) is 0 Å². The molecule has 0 amide bonds. The van der Waals surface area contributed by atoms with Crippen LogP contribution in [0.2, 0.25) is 25.7 Å². The van der Waals surface area contributed by atoms with E-state index >= 15 is 0 Å². The third kappa shape index (κ3) is 4.30. The fraction of sp³-hybridized carbons (Fsp3) is 0.933. The molecule has 116 valence electrons. The fourth-order valence-corrected chi connectivity index (χ4v) is 3.97. The summed E-state index contributed by atoms with van der Waals surface area (Å²) < 4.78 is 16.6. The molecule has 0 N–H and O–H groups in total. The Bertz CT molecular complexity index is 339. The van der Waals surface area contributed by atoms with Gasteiger partial charge in [-0.15, -0.1) is 0 Å². The molecule has 1 heterocycles. The Kier molecular flexibility index (Phi) is 5.26. The molecular weight excluding hydrogens is 272 g/mol. The normalized spacial score (nSPS) is 33.3. The lowest BCUT2D eigenvalue weighted by molar-refractivity contribution is -0.141. The van der Waals surface area contributed by atoms with Crippen molar-refractivity contribution in [1.82, 2.24) is 0 Å². The average Bonchev–Trinajstić information content (AvgIpc) is 2.79. The van der Waals surface area contributed by atoms with Crippen LogP contribution in [-0.2, 0) is 19.0 Å². The first-order valence-electron chi connectivity index (χ1n) is 7.72. The summed E-state index contributed by atoms with van der Waals surface area (Å²) >= 11 is 0. The summed E-state index contributed by atoms with van der Waals surface area (Å²) in [4.78, 5) is 11.3. The summed E-state index contributed by atoms with van der Waals surface area (Å²) in [5.74, 6) is 1.33. The fourth-order valence-electron chi connectivity index (χ4n) is 3.21. The smallest absolute Gasteiger partial charge is 0.306 e. The summed E-state index contributed by atoms with van der Waals surface area (Å²) in [5, 5.41) is 0. The Morgan fingerprint density at radius 3 is 2.75 bits per heavy atom. The van der Waals surface area contributed by atoms with Gasteiger partial charge in [-0.25, -0.2) is 0 Å².